The summed E-state index contributed by atoms with van der Waals surface area (Å²) in [6.07, 6.45) is 13.7. The van der Waals surface area contributed by atoms with Gasteiger partial charge in [-0.05, 0) is 128 Å². The van der Waals surface area contributed by atoms with Gasteiger partial charge < -0.3 is 9.53 Å². The van der Waals surface area contributed by atoms with Crippen LogP contribution < -0.4 is 10.4 Å². The van der Waals surface area contributed by atoms with Gasteiger partial charge in [-0.2, -0.15) is 0 Å². The van der Waals surface area contributed by atoms with Crippen LogP contribution in [0.4, 0.5) is 0 Å². The van der Waals surface area contributed by atoms with Crippen LogP contribution in [-0.4, -0.2) is 30.0 Å². The molecule has 0 heterocycles. The van der Waals surface area contributed by atoms with Crippen LogP contribution in [0.3, 0.4) is 0 Å². The summed E-state index contributed by atoms with van der Waals surface area (Å²) in [4.78, 5) is -0.0744. The van der Waals surface area contributed by atoms with Crippen molar-refractivity contribution < 1.29 is 9.53 Å². The lowest BCUT2D eigenvalue weighted by atomic mass is 9.47. The largest absolute Gasteiger partial charge is 0.404 e. The molecule has 0 aromatic heterocycles. The molecule has 6 rings (SSSR count). The molecule has 0 bridgehead atoms. The molecule has 1 N–H and O–H groups in total. The minimum Gasteiger partial charge on any atom is -0.404 e. The molecule has 2 nitrogen and oxygen atoms in total. The lowest BCUT2D eigenvalue weighted by molar-refractivity contribution is -0.119. The van der Waals surface area contributed by atoms with E-state index in [1.807, 2.05) is 0 Å². The van der Waals surface area contributed by atoms with Crippen LogP contribution >= 0.6 is 47.8 Å². The number of halogens is 3. The van der Waals surface area contributed by atoms with E-state index < -0.39 is 13.9 Å². The van der Waals surface area contributed by atoms with Crippen LogP contribution in [-0.2, 0) is 4.43 Å². The summed E-state index contributed by atoms with van der Waals surface area (Å²) in [5, 5.41) is 14.9. The van der Waals surface area contributed by atoms with E-state index in [0.29, 0.717) is 17.8 Å². The number of rotatable bonds is 6. The van der Waals surface area contributed by atoms with Crippen molar-refractivity contribution in [2.24, 2.45) is 28.6 Å². The minimum absolute atomic E-state index is 0.0114. The highest BCUT2D eigenvalue weighted by Crippen LogP contribution is 2.68. The molecule has 3 fully saturated rings. The fraction of sp³-hybridized carbons (Fsp3) is 0.579. The topological polar surface area (TPSA) is 29.5 Å². The van der Waals surface area contributed by atoms with Crippen molar-refractivity contribution in [2.75, 3.05) is 0 Å². The molecule has 2 aromatic carbocycles. The van der Waals surface area contributed by atoms with Crippen LogP contribution in [0.1, 0.15) is 86.0 Å². The van der Waals surface area contributed by atoms with Crippen molar-refractivity contribution >= 4 is 66.5 Å². The van der Waals surface area contributed by atoms with E-state index in [2.05, 4.69) is 155 Å². The van der Waals surface area contributed by atoms with Gasteiger partial charge in [-0.25, -0.2) is 0 Å². The first-order chi connectivity index (χ1) is 20.8. The molecule has 0 aliphatic heterocycles. The molecule has 0 radical (unpaired) electrons. The van der Waals surface area contributed by atoms with Crippen molar-refractivity contribution in [2.45, 2.75) is 108 Å². The molecule has 0 saturated heterocycles. The maximum Gasteiger partial charge on any atom is 0.261 e. The molecule has 2 aromatic rings. The Hall–Kier alpha value is -0.503. The van der Waals surface area contributed by atoms with Crippen molar-refractivity contribution in [3.63, 3.8) is 0 Å². The summed E-state index contributed by atoms with van der Waals surface area (Å²) >= 11 is 10.9. The Kier molecular flexibility index (Phi) is 9.25. The first kappa shape index (κ1) is 33.4. The first-order valence-electron chi connectivity index (χ1n) is 16.6. The molecule has 6 heteroatoms. The van der Waals surface area contributed by atoms with E-state index in [0.717, 1.165) is 41.9 Å². The second kappa shape index (κ2) is 12.2. The van der Waals surface area contributed by atoms with Crippen molar-refractivity contribution in [3.05, 3.63) is 81.8 Å². The highest BCUT2D eigenvalue weighted by atomic mass is 79.9. The second-order valence-electron chi connectivity index (χ2n) is 15.7. The van der Waals surface area contributed by atoms with Crippen LogP contribution in [0.2, 0.25) is 5.04 Å². The zero-order chi connectivity index (χ0) is 31.5. The van der Waals surface area contributed by atoms with Gasteiger partial charge in [-0.1, -0.05) is 123 Å². The summed E-state index contributed by atoms with van der Waals surface area (Å²) in [6.45, 7) is 12.1. The lowest BCUT2D eigenvalue weighted by Crippen LogP contribution is -2.68. The number of alkyl halides is 1. The smallest absolute Gasteiger partial charge is 0.261 e. The quantitative estimate of drug-likeness (QED) is 0.179. The summed E-state index contributed by atoms with van der Waals surface area (Å²) < 4.78 is 8.56. The average Bonchev–Trinajstić information content (AvgIpc) is 3.27. The molecule has 4 aliphatic rings. The molecule has 0 spiro atoms. The Morgan fingerprint density at radius 1 is 0.909 bits per heavy atom. The van der Waals surface area contributed by atoms with Gasteiger partial charge in [0, 0.05) is 11.5 Å². The lowest BCUT2D eigenvalue weighted by Gasteiger charge is -2.60. The number of fused-ring (bicyclic) bond motifs is 5. The summed E-state index contributed by atoms with van der Waals surface area (Å²) in [6, 6.07) is 22.2. The maximum absolute atomic E-state index is 12.2. The first-order valence-corrected chi connectivity index (χ1v) is 21.0. The molecule has 238 valence electrons. The third-order valence-electron chi connectivity index (χ3n) is 12.8. The van der Waals surface area contributed by atoms with Crippen molar-refractivity contribution in [1.29, 1.82) is 0 Å². The van der Waals surface area contributed by atoms with Crippen molar-refractivity contribution in [3.8, 4) is 0 Å². The second-order valence-corrected chi connectivity index (χ2v) is 23.7. The Morgan fingerprint density at radius 2 is 1.50 bits per heavy atom. The van der Waals surface area contributed by atoms with E-state index in [4.69, 9.17) is 4.43 Å². The van der Waals surface area contributed by atoms with Gasteiger partial charge in [0.1, 0.15) is 0 Å². The third kappa shape index (κ3) is 5.28. The molecule has 4 aliphatic carbocycles. The van der Waals surface area contributed by atoms with E-state index in [9.17, 15) is 5.11 Å². The normalized spacial score (nSPS) is 36.0. The average molecular weight is 806 g/mol. The zero-order valence-corrected chi connectivity index (χ0v) is 32.7. The predicted molar refractivity (Wildman–Crippen MR) is 198 cm³/mol. The van der Waals surface area contributed by atoms with Gasteiger partial charge in [0.2, 0.25) is 0 Å². The number of aliphatic hydroxyl groups is 1. The van der Waals surface area contributed by atoms with E-state index in [-0.39, 0.29) is 26.8 Å². The standard InChI is InChI=1S/C38H49Br3O2Si/c1-35(2,3)44(28-12-8-6-9-13-28,29-14-10-7-11-15-29)43-27-18-21-36(4)26(24-27)16-17-30-31(36)19-22-37(5)32(30)20-23-38(37,42)33(39)25-34(40)41/h6-16,25,27,30-33,42H,17-24H2,1-5H3/t27-,30?,31?,32?,33?,36-,37-,38+/m0/s1. The monoisotopic (exact) mass is 802 g/mol. The van der Waals surface area contributed by atoms with E-state index >= 15 is 0 Å². The molecule has 44 heavy (non-hydrogen) atoms. The minimum atomic E-state index is -2.59. The van der Waals surface area contributed by atoms with E-state index in [1.165, 1.54) is 23.2 Å². The van der Waals surface area contributed by atoms with E-state index in [1.54, 1.807) is 5.57 Å². The van der Waals surface area contributed by atoms with Crippen LogP contribution in [0.25, 0.3) is 0 Å². The molecule has 8 atom stereocenters. The SMILES string of the molecule is CC(C)(C)[Si](O[C@H]1CC[C@@]2(C)C(=CCC3C2CC[C@@]2(C)C3CC[C@@]2(O)C(Br)C=C(Br)Br)C1)(c1ccccc1)c1ccccc1. The molecule has 3 saturated carbocycles. The van der Waals surface area contributed by atoms with Gasteiger partial charge in [-0.15, -0.1) is 0 Å². The van der Waals surface area contributed by atoms with Gasteiger partial charge in [0.15, 0.2) is 0 Å². The van der Waals surface area contributed by atoms with Gasteiger partial charge in [0.05, 0.1) is 13.8 Å². The number of hydrogen-bond donors (Lipinski definition) is 1. The van der Waals surface area contributed by atoms with Gasteiger partial charge in [0.25, 0.3) is 8.32 Å². The van der Waals surface area contributed by atoms with Gasteiger partial charge >= 0.3 is 0 Å². The number of hydrogen-bond acceptors (Lipinski definition) is 2. The molecular weight excluding hydrogens is 756 g/mol. The van der Waals surface area contributed by atoms with Crippen LogP contribution in [0, 0.1) is 28.6 Å². The summed E-state index contributed by atoms with van der Waals surface area (Å²) in [7, 11) is -2.59. The predicted octanol–water partition coefficient (Wildman–Crippen LogP) is 10.0. The summed E-state index contributed by atoms with van der Waals surface area (Å²) in [5.41, 5.74) is 1.05. The maximum atomic E-state index is 12.2. The number of allylic oxidation sites excluding steroid dienone is 1. The number of benzene rings is 2. The Balaban J connectivity index is 1.29. The highest BCUT2D eigenvalue weighted by Gasteiger charge is 2.65. The Morgan fingerprint density at radius 3 is 2.07 bits per heavy atom. The Bertz CT molecular complexity index is 1360. The van der Waals surface area contributed by atoms with Gasteiger partial charge in [-0.3, -0.25) is 0 Å². The molecule has 0 amide bonds. The molecule has 4 unspecified atom stereocenters. The van der Waals surface area contributed by atoms with Crippen LogP contribution in [0.15, 0.2) is 81.8 Å². The fourth-order valence-electron chi connectivity index (χ4n) is 10.4. The fourth-order valence-corrected chi connectivity index (χ4v) is 17.4. The highest BCUT2D eigenvalue weighted by molar-refractivity contribution is 9.28. The summed E-state index contributed by atoms with van der Waals surface area (Å²) in [5.74, 6) is 1.88. The third-order valence-corrected chi connectivity index (χ3v) is 19.4. The zero-order valence-electron chi connectivity index (χ0n) is 27.0. The Labute approximate surface area is 292 Å². The van der Waals surface area contributed by atoms with Crippen molar-refractivity contribution in [1.82, 2.24) is 0 Å². The molecular formula is C38H49Br3O2Si. The van der Waals surface area contributed by atoms with Crippen LogP contribution in [0.5, 0.6) is 0 Å².